The second-order valence-electron chi connectivity index (χ2n) is 9.51. The number of ether oxygens (including phenoxy) is 3. The lowest BCUT2D eigenvalue weighted by Gasteiger charge is -2.32. The van der Waals surface area contributed by atoms with E-state index in [9.17, 15) is 19.8 Å². The van der Waals surface area contributed by atoms with Crippen LogP contribution in [0.25, 0.3) is 11.2 Å². The van der Waals surface area contributed by atoms with Crippen LogP contribution in [0.3, 0.4) is 0 Å². The van der Waals surface area contributed by atoms with E-state index in [4.69, 9.17) is 14.2 Å². The molecule has 0 aromatic carbocycles. The number of carbonyl (C=O) groups excluding carboxylic acids is 2. The zero-order chi connectivity index (χ0) is 24.4. The number of imidazole rings is 1. The third kappa shape index (κ3) is 5.75. The molecule has 3 heterocycles. The number of rotatable bonds is 8. The predicted octanol–water partition coefficient (Wildman–Crippen LogP) is 1.55. The summed E-state index contributed by atoms with van der Waals surface area (Å²) < 4.78 is 18.2. The molecule has 33 heavy (non-hydrogen) atoms. The van der Waals surface area contributed by atoms with Gasteiger partial charge in [0.25, 0.3) is 6.47 Å². The maximum atomic E-state index is 13.1. The van der Waals surface area contributed by atoms with Crippen molar-refractivity contribution in [3.05, 3.63) is 12.7 Å². The van der Waals surface area contributed by atoms with Crippen molar-refractivity contribution in [2.24, 2.45) is 0 Å². The minimum Gasteiger partial charge on any atom is -0.460 e. The van der Waals surface area contributed by atoms with E-state index in [1.807, 2.05) is 0 Å². The zero-order valence-corrected chi connectivity index (χ0v) is 19.5. The molecule has 2 aromatic rings. The minimum atomic E-state index is -1.03. The average molecular weight is 466 g/mol. The summed E-state index contributed by atoms with van der Waals surface area (Å²) in [6.45, 7) is 8.72. The van der Waals surface area contributed by atoms with E-state index in [1.54, 1.807) is 39.2 Å². The van der Waals surface area contributed by atoms with Crippen LogP contribution in [0.5, 0.6) is 0 Å². The van der Waals surface area contributed by atoms with Crippen LogP contribution < -0.4 is 4.90 Å². The fraction of sp³-hybridized carbons (Fsp3) is 0.667. The smallest absolute Gasteiger partial charge is 0.416 e. The van der Waals surface area contributed by atoms with Crippen molar-refractivity contribution in [3.8, 4) is 0 Å². The largest absolute Gasteiger partial charge is 0.460 e. The molecule has 0 spiro atoms. The third-order valence-corrected chi connectivity index (χ3v) is 5.04. The van der Waals surface area contributed by atoms with Gasteiger partial charge < -0.3 is 24.4 Å². The Hall–Kier alpha value is -2.83. The van der Waals surface area contributed by atoms with Crippen molar-refractivity contribution in [2.75, 3.05) is 18.1 Å². The van der Waals surface area contributed by atoms with Crippen molar-refractivity contribution in [2.45, 2.75) is 77.1 Å². The number of carbonyl (C=O) groups is 2. The van der Waals surface area contributed by atoms with Crippen LogP contribution in [0.15, 0.2) is 12.7 Å². The van der Waals surface area contributed by atoms with Crippen LogP contribution in [-0.2, 0) is 19.0 Å². The summed E-state index contributed by atoms with van der Waals surface area (Å²) in [5.74, 6) is 0.182. The van der Waals surface area contributed by atoms with E-state index in [2.05, 4.69) is 15.0 Å². The Morgan fingerprint density at radius 3 is 2.67 bits per heavy atom. The first-order valence-corrected chi connectivity index (χ1v) is 10.7. The molecular weight excluding hydrogens is 434 g/mol. The highest BCUT2D eigenvalue weighted by atomic mass is 16.6. The molecule has 182 valence electrons. The summed E-state index contributed by atoms with van der Waals surface area (Å²) in [5, 5.41) is 19.4. The van der Waals surface area contributed by atoms with Gasteiger partial charge >= 0.3 is 6.09 Å². The van der Waals surface area contributed by atoms with E-state index in [-0.39, 0.29) is 19.0 Å². The number of hydrogen-bond donors (Lipinski definition) is 2. The van der Waals surface area contributed by atoms with Crippen LogP contribution in [0.1, 0.15) is 53.7 Å². The molecule has 3 rings (SSSR count). The van der Waals surface area contributed by atoms with Crippen molar-refractivity contribution < 1.29 is 34.0 Å². The van der Waals surface area contributed by atoms with Gasteiger partial charge in [0.1, 0.15) is 23.8 Å². The monoisotopic (exact) mass is 465 g/mol. The van der Waals surface area contributed by atoms with E-state index in [0.29, 0.717) is 30.5 Å². The second kappa shape index (κ2) is 9.57. The maximum absolute atomic E-state index is 13.1. The van der Waals surface area contributed by atoms with Crippen LogP contribution in [0.2, 0.25) is 0 Å². The Morgan fingerprint density at radius 1 is 1.30 bits per heavy atom. The van der Waals surface area contributed by atoms with E-state index >= 15 is 0 Å². The summed E-state index contributed by atoms with van der Waals surface area (Å²) in [4.78, 5) is 38.3. The Labute approximate surface area is 191 Å². The lowest BCUT2D eigenvalue weighted by molar-refractivity contribution is -0.139. The Kier molecular flexibility index (Phi) is 7.20. The minimum absolute atomic E-state index is 0.0448. The molecule has 12 heteroatoms. The zero-order valence-electron chi connectivity index (χ0n) is 19.5. The van der Waals surface area contributed by atoms with Gasteiger partial charge in [-0.15, -0.1) is 0 Å². The first-order chi connectivity index (χ1) is 15.5. The summed E-state index contributed by atoms with van der Waals surface area (Å²) in [5.41, 5.74) is -1.10. The lowest BCUT2D eigenvalue weighted by atomic mass is 10.1. The summed E-state index contributed by atoms with van der Waals surface area (Å²) in [6, 6.07) is 0. The second-order valence-corrected chi connectivity index (χ2v) is 9.51. The SMILES string of the molecule is CC(C)(C)OC(=O)N(CC(C)(C)OC=O)c1ncnc2c1ncn2[C@H]1C[C@@H](O)[C@@H](CCO)O1. The van der Waals surface area contributed by atoms with Crippen LogP contribution >= 0.6 is 0 Å². The quantitative estimate of drug-likeness (QED) is 0.550. The van der Waals surface area contributed by atoms with Crippen LogP contribution in [-0.4, -0.2) is 78.9 Å². The number of amides is 1. The number of anilines is 1. The van der Waals surface area contributed by atoms with Gasteiger partial charge in [-0.3, -0.25) is 14.3 Å². The molecule has 2 N–H and O–H groups in total. The highest BCUT2D eigenvalue weighted by Gasteiger charge is 2.37. The van der Waals surface area contributed by atoms with Gasteiger partial charge in [-0.2, -0.15) is 0 Å². The maximum Gasteiger partial charge on any atom is 0.416 e. The molecular formula is C21H31N5O7. The van der Waals surface area contributed by atoms with Crippen molar-refractivity contribution in [1.29, 1.82) is 0 Å². The van der Waals surface area contributed by atoms with Gasteiger partial charge in [0, 0.05) is 13.0 Å². The van der Waals surface area contributed by atoms with Crippen LogP contribution in [0, 0.1) is 0 Å². The number of nitrogens with zero attached hydrogens (tertiary/aromatic N) is 5. The van der Waals surface area contributed by atoms with Crippen molar-refractivity contribution >= 4 is 29.5 Å². The van der Waals surface area contributed by atoms with Gasteiger partial charge in [-0.25, -0.2) is 19.7 Å². The Bertz CT molecular complexity index is 987. The fourth-order valence-corrected chi connectivity index (χ4v) is 3.61. The molecule has 1 aliphatic heterocycles. The summed E-state index contributed by atoms with van der Waals surface area (Å²) in [7, 11) is 0. The molecule has 0 unspecified atom stereocenters. The molecule has 0 radical (unpaired) electrons. The number of aliphatic hydroxyl groups excluding tert-OH is 2. The van der Waals surface area contributed by atoms with Crippen molar-refractivity contribution in [1.82, 2.24) is 19.5 Å². The van der Waals surface area contributed by atoms with Crippen molar-refractivity contribution in [3.63, 3.8) is 0 Å². The molecule has 0 saturated carbocycles. The number of aliphatic hydroxyl groups is 2. The van der Waals surface area contributed by atoms with E-state index in [1.165, 1.54) is 17.6 Å². The molecule has 1 fully saturated rings. The fourth-order valence-electron chi connectivity index (χ4n) is 3.61. The molecule has 1 aliphatic rings. The highest BCUT2D eigenvalue weighted by molar-refractivity contribution is 5.95. The standard InChI is InChI=1S/C21H31N5O7/c1-20(2,3)33-19(30)25(9-21(4,5)31-12-28)17-16-18(23-10-22-17)26(11-24-16)15-8-13(29)14(32-15)6-7-27/h10-15,27,29H,6-9H2,1-5H3/t13-,14-,15-/m1/s1. The summed E-state index contributed by atoms with van der Waals surface area (Å²) >= 11 is 0. The average Bonchev–Trinajstić information content (AvgIpc) is 3.28. The van der Waals surface area contributed by atoms with Gasteiger partial charge in [0.05, 0.1) is 25.1 Å². The topological polar surface area (TPSA) is 149 Å². The number of aromatic nitrogens is 4. The first kappa shape index (κ1) is 24.8. The molecule has 1 saturated heterocycles. The van der Waals surface area contributed by atoms with Gasteiger partial charge in [-0.05, 0) is 41.0 Å². The van der Waals surface area contributed by atoms with E-state index < -0.39 is 35.7 Å². The number of fused-ring (bicyclic) bond motifs is 1. The van der Waals surface area contributed by atoms with E-state index in [0.717, 1.165) is 0 Å². The number of hydrogen-bond acceptors (Lipinski definition) is 10. The van der Waals surface area contributed by atoms with Crippen LogP contribution in [0.4, 0.5) is 10.6 Å². The molecule has 1 amide bonds. The molecule has 0 bridgehead atoms. The molecule has 0 aliphatic carbocycles. The third-order valence-electron chi connectivity index (χ3n) is 5.04. The van der Waals surface area contributed by atoms with Gasteiger partial charge in [-0.1, -0.05) is 0 Å². The van der Waals surface area contributed by atoms with Gasteiger partial charge in [0.2, 0.25) is 0 Å². The Balaban J connectivity index is 2.00. The summed E-state index contributed by atoms with van der Waals surface area (Å²) in [6.07, 6.45) is 0.927. The Morgan fingerprint density at radius 2 is 2.03 bits per heavy atom. The first-order valence-electron chi connectivity index (χ1n) is 10.7. The normalized spacial score (nSPS) is 21.2. The molecule has 12 nitrogen and oxygen atoms in total. The highest BCUT2D eigenvalue weighted by Crippen LogP contribution is 2.34. The molecule has 2 aromatic heterocycles. The van der Waals surface area contributed by atoms with Gasteiger partial charge in [0.15, 0.2) is 17.0 Å². The predicted molar refractivity (Wildman–Crippen MR) is 116 cm³/mol. The lowest BCUT2D eigenvalue weighted by Crippen LogP contribution is -2.46. The molecule has 3 atom stereocenters.